The fourth-order valence-corrected chi connectivity index (χ4v) is 4.96. The van der Waals surface area contributed by atoms with Crippen LogP contribution in [0.15, 0.2) is 60.1 Å². The predicted octanol–water partition coefficient (Wildman–Crippen LogP) is -5.07. The summed E-state index contributed by atoms with van der Waals surface area (Å²) in [6.45, 7) is 1.72. The Morgan fingerprint density at radius 1 is 1.23 bits per heavy atom. The van der Waals surface area contributed by atoms with E-state index in [0.29, 0.717) is 10.5 Å². The Bertz CT molecular complexity index is 1170. The van der Waals surface area contributed by atoms with E-state index in [4.69, 9.17) is 24.1 Å². The quantitative estimate of drug-likeness (QED) is 0.0489. The van der Waals surface area contributed by atoms with E-state index < -0.39 is 79.1 Å². The third kappa shape index (κ3) is 7.60. The number of aliphatic hydroxyl groups excluding tert-OH is 4. The smallest absolute Gasteiger partial charge is 0.342 e. The number of carbonyl (C=O) groups excluding carboxylic acids is 1. The minimum absolute atomic E-state index is 0.0746. The van der Waals surface area contributed by atoms with E-state index in [1.165, 1.54) is 25.4 Å². The number of hydrogen-bond acceptors (Lipinski definition) is 15. The molecular formula is C27H39N2O15+. The van der Waals surface area contributed by atoms with Crippen LogP contribution in [-0.4, -0.2) is 142 Å². The van der Waals surface area contributed by atoms with Crippen LogP contribution in [0.25, 0.3) is 0 Å². The highest BCUT2D eigenvalue weighted by molar-refractivity contribution is 5.91. The van der Waals surface area contributed by atoms with E-state index in [1.807, 2.05) is 0 Å². The molecular weight excluding hydrogens is 592 g/mol. The number of aliphatic carboxylic acids is 1. The van der Waals surface area contributed by atoms with E-state index in [2.05, 4.69) is 16.6 Å². The summed E-state index contributed by atoms with van der Waals surface area (Å²) < 4.78 is 27.0. The summed E-state index contributed by atoms with van der Waals surface area (Å²) in [5, 5.41) is 84.0. The van der Waals surface area contributed by atoms with Crippen LogP contribution in [0.4, 0.5) is 0 Å². The topological polar surface area (TPSA) is 259 Å². The van der Waals surface area contributed by atoms with Crippen LogP contribution in [0.1, 0.15) is 0 Å². The van der Waals surface area contributed by atoms with E-state index in [-0.39, 0.29) is 32.0 Å². The van der Waals surface area contributed by atoms with Crippen molar-refractivity contribution in [1.29, 1.82) is 0 Å². The standard InChI is InChI=1S/C27H38N2O15/c1-3-17-24(44-25-21(41-13-28-2)27(38,39)20(33)19(11-31)43-25)40-12-18(23(36)42-14-32)26(17,37)5-4-15-8-16(22(34)35)10-29(9-15)6-7-30/h3-5,8,10,12,17,19-21,24-25,28,30-33,37-39H,1,6-7,9,11,13-14H2,2H3,(H,34,35)/p+1/b5-4-/t17-,19+,20+,21-,24-,25-,26+/m0/s1. The molecule has 0 bridgehead atoms. The maximum Gasteiger partial charge on any atom is 0.342 e. The predicted molar refractivity (Wildman–Crippen MR) is 144 cm³/mol. The summed E-state index contributed by atoms with van der Waals surface area (Å²) in [4.78, 5) is 25.0. The zero-order valence-corrected chi connectivity index (χ0v) is 23.8. The van der Waals surface area contributed by atoms with Gasteiger partial charge in [0.25, 0.3) is 0 Å². The molecule has 0 aliphatic carbocycles. The molecule has 3 rings (SSSR count). The number of aliphatic hydroxyl groups is 7. The Morgan fingerprint density at radius 2 is 1.95 bits per heavy atom. The number of carboxylic acids is 1. The lowest BCUT2D eigenvalue weighted by atomic mass is 9.78. The van der Waals surface area contributed by atoms with Crippen LogP contribution in [0.2, 0.25) is 0 Å². The van der Waals surface area contributed by atoms with Crippen LogP contribution in [0.3, 0.4) is 0 Å². The maximum absolute atomic E-state index is 12.8. The molecule has 0 spiro atoms. The van der Waals surface area contributed by atoms with E-state index in [1.54, 1.807) is 0 Å². The van der Waals surface area contributed by atoms with Crippen molar-refractivity contribution in [3.63, 3.8) is 0 Å². The van der Waals surface area contributed by atoms with Gasteiger partial charge < -0.3 is 69.4 Å². The summed E-state index contributed by atoms with van der Waals surface area (Å²) in [5.41, 5.74) is -2.53. The van der Waals surface area contributed by atoms with Crippen molar-refractivity contribution in [3.05, 3.63) is 60.1 Å². The highest BCUT2D eigenvalue weighted by Gasteiger charge is 2.58. The fourth-order valence-electron chi connectivity index (χ4n) is 4.96. The molecule has 44 heavy (non-hydrogen) atoms. The summed E-state index contributed by atoms with van der Waals surface area (Å²) >= 11 is 0. The molecule has 246 valence electrons. The third-order valence-corrected chi connectivity index (χ3v) is 7.20. The van der Waals surface area contributed by atoms with Crippen LogP contribution >= 0.6 is 0 Å². The Morgan fingerprint density at radius 3 is 2.55 bits per heavy atom. The van der Waals surface area contributed by atoms with Gasteiger partial charge >= 0.3 is 11.9 Å². The first-order chi connectivity index (χ1) is 20.9. The van der Waals surface area contributed by atoms with Gasteiger partial charge in [0, 0.05) is 5.57 Å². The van der Waals surface area contributed by atoms with Gasteiger partial charge in [-0.2, -0.15) is 0 Å². The van der Waals surface area contributed by atoms with Crippen molar-refractivity contribution < 1.29 is 79.0 Å². The van der Waals surface area contributed by atoms with E-state index >= 15 is 0 Å². The number of esters is 1. The van der Waals surface area contributed by atoms with Crippen molar-refractivity contribution >= 4 is 11.9 Å². The average Bonchev–Trinajstić information content (AvgIpc) is 2.98. The zero-order valence-electron chi connectivity index (χ0n) is 23.8. The molecule has 1 unspecified atom stereocenters. The summed E-state index contributed by atoms with van der Waals surface area (Å²) in [5.74, 6) is -6.78. The van der Waals surface area contributed by atoms with Crippen molar-refractivity contribution in [2.24, 2.45) is 5.92 Å². The SMILES string of the molecule is C=C[C@H]1[C@H](O[C@@H]2O[C@H](CO)[C@@H](O)C(O)(O)[C@H]2OCNC)OC=C(C(=O)OCO)[C@@]1(O)/C=C\C1=CC(C(=O)O)=C[NH+](CCO)C1. The highest BCUT2D eigenvalue weighted by Crippen LogP contribution is 2.40. The summed E-state index contributed by atoms with van der Waals surface area (Å²) in [6.07, 6.45) is -1.45. The molecule has 0 aromatic heterocycles. The van der Waals surface area contributed by atoms with Crippen molar-refractivity contribution in [2.45, 2.75) is 42.3 Å². The van der Waals surface area contributed by atoms with E-state index in [9.17, 15) is 45.3 Å². The van der Waals surface area contributed by atoms with Crippen molar-refractivity contribution in [3.8, 4) is 0 Å². The molecule has 3 aliphatic heterocycles. The Balaban J connectivity index is 2.02. The van der Waals surface area contributed by atoms with Gasteiger partial charge in [0.05, 0.1) is 25.9 Å². The third-order valence-electron chi connectivity index (χ3n) is 7.20. The second-order valence-electron chi connectivity index (χ2n) is 10.1. The van der Waals surface area contributed by atoms with Gasteiger partial charge in [-0.1, -0.05) is 12.2 Å². The molecule has 0 amide bonds. The second-order valence-corrected chi connectivity index (χ2v) is 10.1. The molecule has 1 saturated heterocycles. The lowest BCUT2D eigenvalue weighted by molar-refractivity contribution is -0.842. The van der Waals surface area contributed by atoms with Crippen molar-refractivity contribution in [1.82, 2.24) is 5.32 Å². The molecule has 0 aromatic carbocycles. The van der Waals surface area contributed by atoms with Crippen LogP contribution in [0, 0.1) is 5.92 Å². The number of quaternary nitrogens is 1. The number of carboxylic acid groups (broad SMARTS) is 1. The van der Waals surface area contributed by atoms with Crippen LogP contribution in [0.5, 0.6) is 0 Å². The molecule has 0 saturated carbocycles. The van der Waals surface area contributed by atoms with Crippen molar-refractivity contribution in [2.75, 3.05) is 46.9 Å². The Hall–Kier alpha value is -3.04. The maximum atomic E-state index is 12.8. The first-order valence-corrected chi connectivity index (χ1v) is 13.5. The molecule has 17 heteroatoms. The van der Waals surface area contributed by atoms with Gasteiger partial charge in [-0.25, -0.2) is 9.59 Å². The minimum Gasteiger partial charge on any atom is -0.477 e. The molecule has 0 aromatic rings. The first-order valence-electron chi connectivity index (χ1n) is 13.5. The molecule has 0 radical (unpaired) electrons. The molecule has 17 nitrogen and oxygen atoms in total. The number of hydrogen-bond donors (Lipinski definition) is 10. The number of carbonyl (C=O) groups is 2. The molecule has 3 heterocycles. The highest BCUT2D eigenvalue weighted by atomic mass is 16.8. The van der Waals surface area contributed by atoms with Crippen LogP contribution < -0.4 is 10.2 Å². The van der Waals surface area contributed by atoms with Gasteiger partial charge in [-0.15, -0.1) is 6.58 Å². The fraction of sp³-hybridized carbons (Fsp3) is 0.556. The van der Waals surface area contributed by atoms with Gasteiger partial charge in [-0.3, -0.25) is 5.32 Å². The number of nitrogens with one attached hydrogen (secondary N) is 2. The normalized spacial score (nSPS) is 33.5. The molecule has 8 atom stereocenters. The second kappa shape index (κ2) is 15.3. The number of ether oxygens (including phenoxy) is 5. The van der Waals surface area contributed by atoms with Gasteiger partial charge in [0.1, 0.15) is 54.5 Å². The molecule has 10 N–H and O–H groups in total. The van der Waals surface area contributed by atoms with Gasteiger partial charge in [-0.05, 0) is 19.2 Å². The number of rotatable bonds is 14. The molecule has 1 fully saturated rings. The summed E-state index contributed by atoms with van der Waals surface area (Å²) in [6, 6.07) is 0. The molecule has 3 aliphatic rings. The summed E-state index contributed by atoms with van der Waals surface area (Å²) in [7, 11) is 1.49. The lowest BCUT2D eigenvalue weighted by Gasteiger charge is -2.48. The lowest BCUT2D eigenvalue weighted by Crippen LogP contribution is -3.08. The van der Waals surface area contributed by atoms with Gasteiger partial charge in [0.2, 0.25) is 12.1 Å². The largest absolute Gasteiger partial charge is 0.477 e. The van der Waals surface area contributed by atoms with E-state index in [0.717, 1.165) is 18.4 Å². The minimum atomic E-state index is -2.99. The monoisotopic (exact) mass is 631 g/mol. The first kappa shape index (κ1) is 35.4. The van der Waals surface area contributed by atoms with Crippen LogP contribution in [-0.2, 0) is 33.3 Å². The van der Waals surface area contributed by atoms with Gasteiger partial charge in [0.15, 0.2) is 19.2 Å². The Labute approximate surface area is 251 Å². The zero-order chi connectivity index (χ0) is 32.7. The average molecular weight is 632 g/mol. The Kier molecular flexibility index (Phi) is 12.3.